The van der Waals surface area contributed by atoms with Gasteiger partial charge in [-0.3, -0.25) is 13.7 Å². The second kappa shape index (κ2) is 11.3. The van der Waals surface area contributed by atoms with E-state index in [1.807, 2.05) is 0 Å². The molecule has 0 bridgehead atoms. The molecule has 11 nitrogen and oxygen atoms in total. The summed E-state index contributed by atoms with van der Waals surface area (Å²) in [6.07, 6.45) is 1.18. The maximum Gasteiger partial charge on any atom is 0.295 e. The van der Waals surface area contributed by atoms with Crippen LogP contribution in [0.2, 0.25) is 0 Å². The summed E-state index contributed by atoms with van der Waals surface area (Å²) in [4.78, 5) is 21.4. The van der Waals surface area contributed by atoms with E-state index in [2.05, 4.69) is 20.6 Å². The maximum absolute atomic E-state index is 14.3. The fourth-order valence-electron chi connectivity index (χ4n) is 4.70. The molecule has 1 amide bonds. The molecule has 1 aliphatic carbocycles. The third kappa shape index (κ3) is 5.88. The highest BCUT2D eigenvalue weighted by Gasteiger charge is 2.32. The van der Waals surface area contributed by atoms with Crippen molar-refractivity contribution in [3.05, 3.63) is 35.7 Å². The molecule has 5 rings (SSSR count). The average Bonchev–Trinajstić information content (AvgIpc) is 3.69. The summed E-state index contributed by atoms with van der Waals surface area (Å²) in [5.74, 6) is -0.639. The lowest BCUT2D eigenvalue weighted by Crippen LogP contribution is -2.25. The summed E-state index contributed by atoms with van der Waals surface area (Å²) in [7, 11) is -0.704. The van der Waals surface area contributed by atoms with Crippen molar-refractivity contribution in [1.82, 2.24) is 14.5 Å². The number of carbonyl (C=O) groups excluding carboxylic acids is 1. The van der Waals surface area contributed by atoms with E-state index in [1.54, 1.807) is 18.2 Å². The Hall–Kier alpha value is -3.36. The number of benzene rings is 1. The second-order valence-corrected chi connectivity index (χ2v) is 12.1. The molecular formula is C26H32F2N6O5S. The number of carbonyl (C=O) groups is 1. The predicted molar refractivity (Wildman–Crippen MR) is 146 cm³/mol. The van der Waals surface area contributed by atoms with Gasteiger partial charge >= 0.3 is 0 Å². The molecule has 1 unspecified atom stereocenters. The van der Waals surface area contributed by atoms with Crippen LogP contribution in [-0.4, -0.2) is 55.9 Å². The van der Waals surface area contributed by atoms with Gasteiger partial charge in [-0.05, 0) is 49.8 Å². The zero-order valence-corrected chi connectivity index (χ0v) is 23.3. The Labute approximate surface area is 230 Å². The number of methoxy groups -OCH3 is 1. The number of fused-ring (bicyclic) bond motifs is 1. The largest absolute Gasteiger partial charge is 0.380 e. The summed E-state index contributed by atoms with van der Waals surface area (Å²) in [6, 6.07) is 6.62. The molecule has 2 aromatic heterocycles. The Bertz CT molecular complexity index is 1520. The molecule has 2 N–H and O–H groups in total. The summed E-state index contributed by atoms with van der Waals surface area (Å²) in [6.45, 7) is 0.677. The minimum absolute atomic E-state index is 0.111. The first-order chi connectivity index (χ1) is 19.1. The SMILES string of the molecule is COCc1ccc(Nc2cc(NC(=O)C3CC3)nc3c2nc(C(F)F)n3C2CCCCO2)c(N(C)S(C)(=O)=O)c1. The smallest absolute Gasteiger partial charge is 0.295 e. The number of nitrogens with one attached hydrogen (secondary N) is 2. The first-order valence-corrected chi connectivity index (χ1v) is 14.9. The highest BCUT2D eigenvalue weighted by Crippen LogP contribution is 2.39. The minimum Gasteiger partial charge on any atom is -0.380 e. The normalized spacial score (nSPS) is 17.8. The lowest BCUT2D eigenvalue weighted by molar-refractivity contribution is -0.117. The fraction of sp³-hybridized carbons (Fsp3) is 0.500. The highest BCUT2D eigenvalue weighted by atomic mass is 32.2. The Morgan fingerprint density at radius 2 is 1.98 bits per heavy atom. The zero-order valence-electron chi connectivity index (χ0n) is 22.5. The van der Waals surface area contributed by atoms with Crippen molar-refractivity contribution in [3.8, 4) is 0 Å². The number of sulfonamides is 1. The molecule has 1 atom stereocenters. The lowest BCUT2D eigenvalue weighted by Gasteiger charge is -2.25. The van der Waals surface area contributed by atoms with Crippen LogP contribution in [-0.2, 0) is 30.9 Å². The van der Waals surface area contributed by atoms with Gasteiger partial charge in [0.15, 0.2) is 11.5 Å². The van der Waals surface area contributed by atoms with Crippen molar-refractivity contribution >= 4 is 50.0 Å². The van der Waals surface area contributed by atoms with Crippen LogP contribution in [0.1, 0.15) is 56.1 Å². The molecule has 40 heavy (non-hydrogen) atoms. The molecule has 0 spiro atoms. The number of hydrogen-bond donors (Lipinski definition) is 2. The number of anilines is 4. The van der Waals surface area contributed by atoms with E-state index in [0.29, 0.717) is 24.4 Å². The predicted octanol–water partition coefficient (Wildman–Crippen LogP) is 4.70. The third-order valence-electron chi connectivity index (χ3n) is 6.99. The van der Waals surface area contributed by atoms with Gasteiger partial charge in [0.05, 0.1) is 29.9 Å². The highest BCUT2D eigenvalue weighted by molar-refractivity contribution is 7.92. The van der Waals surface area contributed by atoms with E-state index in [9.17, 15) is 22.0 Å². The third-order valence-corrected chi connectivity index (χ3v) is 8.18. The number of hydrogen-bond acceptors (Lipinski definition) is 8. The summed E-state index contributed by atoms with van der Waals surface area (Å²) in [5, 5.41) is 5.97. The van der Waals surface area contributed by atoms with Crippen molar-refractivity contribution in [3.63, 3.8) is 0 Å². The van der Waals surface area contributed by atoms with Crippen molar-refractivity contribution in [2.45, 2.75) is 51.4 Å². The quantitative estimate of drug-likeness (QED) is 0.354. The molecule has 1 saturated carbocycles. The van der Waals surface area contributed by atoms with Crippen LogP contribution in [0, 0.1) is 5.92 Å². The van der Waals surface area contributed by atoms with Gasteiger partial charge in [-0.2, -0.15) is 0 Å². The Kier molecular flexibility index (Phi) is 7.93. The fourth-order valence-corrected chi connectivity index (χ4v) is 5.21. The number of aromatic nitrogens is 3. The van der Waals surface area contributed by atoms with Crippen LogP contribution in [0.15, 0.2) is 24.3 Å². The standard InChI is InChI=1S/C26H32F2N6O5S/c1-33(40(3,36)37)19-12-15(14-38-2)7-10-17(19)29-18-13-20(31-26(35)16-8-9-16)30-24-22(18)32-25(23(27)28)34(24)21-6-4-5-11-39-21/h7,10,12-13,16,21,23H,4-6,8-9,11,14H2,1-3H3,(H2,29,30,31,35). The Balaban J connectivity index is 1.66. The molecule has 2 aliphatic rings. The van der Waals surface area contributed by atoms with Crippen LogP contribution >= 0.6 is 0 Å². The molecule has 0 radical (unpaired) electrons. The second-order valence-electron chi connectivity index (χ2n) is 10.1. The molecular weight excluding hydrogens is 546 g/mol. The Morgan fingerprint density at radius 3 is 2.60 bits per heavy atom. The van der Waals surface area contributed by atoms with Crippen LogP contribution in [0.4, 0.5) is 31.7 Å². The van der Waals surface area contributed by atoms with Gasteiger partial charge in [0, 0.05) is 32.7 Å². The van der Waals surface area contributed by atoms with E-state index in [1.165, 1.54) is 24.8 Å². The van der Waals surface area contributed by atoms with Gasteiger partial charge in [-0.1, -0.05) is 6.07 Å². The Morgan fingerprint density at radius 1 is 1.20 bits per heavy atom. The molecule has 216 valence electrons. The van der Waals surface area contributed by atoms with E-state index in [-0.39, 0.29) is 41.1 Å². The molecule has 1 saturated heterocycles. The van der Waals surface area contributed by atoms with Gasteiger partial charge < -0.3 is 20.1 Å². The molecule has 14 heteroatoms. The van der Waals surface area contributed by atoms with Gasteiger partial charge in [-0.15, -0.1) is 0 Å². The topological polar surface area (TPSA) is 128 Å². The summed E-state index contributed by atoms with van der Waals surface area (Å²) >= 11 is 0. The summed E-state index contributed by atoms with van der Waals surface area (Å²) in [5.41, 5.74) is 1.97. The number of halogens is 2. The van der Waals surface area contributed by atoms with Crippen LogP contribution in [0.3, 0.4) is 0 Å². The number of imidazole rings is 1. The van der Waals surface area contributed by atoms with Crippen molar-refractivity contribution in [2.75, 3.05) is 42.0 Å². The number of alkyl halides is 2. The van der Waals surface area contributed by atoms with E-state index < -0.39 is 28.5 Å². The maximum atomic E-state index is 14.3. The number of pyridine rings is 1. The molecule has 2 fully saturated rings. The van der Waals surface area contributed by atoms with E-state index in [4.69, 9.17) is 9.47 Å². The van der Waals surface area contributed by atoms with Crippen molar-refractivity contribution < 1.29 is 31.5 Å². The summed E-state index contributed by atoms with van der Waals surface area (Å²) < 4.78 is 66.9. The number of ether oxygens (including phenoxy) is 2. The van der Waals surface area contributed by atoms with E-state index >= 15 is 0 Å². The van der Waals surface area contributed by atoms with Gasteiger partial charge in [-0.25, -0.2) is 27.2 Å². The zero-order chi connectivity index (χ0) is 28.6. The monoisotopic (exact) mass is 578 g/mol. The number of nitrogens with zero attached hydrogens (tertiary/aromatic N) is 4. The molecule has 1 aliphatic heterocycles. The minimum atomic E-state index is -3.65. The van der Waals surface area contributed by atoms with Crippen molar-refractivity contribution in [2.24, 2.45) is 5.92 Å². The van der Waals surface area contributed by atoms with Gasteiger partial charge in [0.2, 0.25) is 15.9 Å². The van der Waals surface area contributed by atoms with Gasteiger partial charge in [0.1, 0.15) is 17.6 Å². The van der Waals surface area contributed by atoms with Crippen LogP contribution in [0.25, 0.3) is 11.2 Å². The number of rotatable bonds is 10. The van der Waals surface area contributed by atoms with Crippen LogP contribution < -0.4 is 14.9 Å². The lowest BCUT2D eigenvalue weighted by atomic mass is 10.1. The van der Waals surface area contributed by atoms with Gasteiger partial charge in [0.25, 0.3) is 6.43 Å². The average molecular weight is 579 g/mol. The van der Waals surface area contributed by atoms with E-state index in [0.717, 1.165) is 41.8 Å². The first kappa shape index (κ1) is 28.2. The van der Waals surface area contributed by atoms with Crippen molar-refractivity contribution in [1.29, 1.82) is 0 Å². The van der Waals surface area contributed by atoms with Crippen LogP contribution in [0.5, 0.6) is 0 Å². The molecule has 1 aromatic carbocycles. The molecule has 3 aromatic rings. The first-order valence-electron chi connectivity index (χ1n) is 13.0. The number of amides is 1. The molecule has 3 heterocycles.